The molecule has 0 spiro atoms. The zero-order chi connectivity index (χ0) is 10.1. The van der Waals surface area contributed by atoms with Crippen molar-refractivity contribution in [2.75, 3.05) is 17.3 Å². The van der Waals surface area contributed by atoms with Crippen LogP contribution in [0.1, 0.15) is 26.7 Å². The highest BCUT2D eigenvalue weighted by atomic mass is 32.2. The minimum Gasteiger partial charge on any atom is -0.481 e. The van der Waals surface area contributed by atoms with Crippen molar-refractivity contribution in [1.82, 2.24) is 0 Å². The average molecular weight is 222 g/mol. The van der Waals surface area contributed by atoms with Crippen LogP contribution in [0, 0.1) is 0 Å². The van der Waals surface area contributed by atoms with Gasteiger partial charge in [0.1, 0.15) is 0 Å². The van der Waals surface area contributed by atoms with Crippen LogP contribution in [0.5, 0.6) is 0 Å². The van der Waals surface area contributed by atoms with Crippen LogP contribution in [-0.2, 0) is 4.79 Å². The molecule has 4 heteroatoms. The van der Waals surface area contributed by atoms with Gasteiger partial charge in [0, 0.05) is 5.25 Å². The molecule has 0 heterocycles. The van der Waals surface area contributed by atoms with Gasteiger partial charge in [0.2, 0.25) is 0 Å². The molecule has 0 saturated carbocycles. The van der Waals surface area contributed by atoms with Gasteiger partial charge in [-0.05, 0) is 23.7 Å². The van der Waals surface area contributed by atoms with Gasteiger partial charge in [0.05, 0.1) is 6.42 Å². The van der Waals surface area contributed by atoms with Crippen LogP contribution in [0.2, 0.25) is 0 Å². The summed E-state index contributed by atoms with van der Waals surface area (Å²) in [4.78, 5) is 10.3. The van der Waals surface area contributed by atoms with Crippen LogP contribution in [0.4, 0.5) is 0 Å². The Morgan fingerprint density at radius 1 is 1.46 bits per heavy atom. The summed E-state index contributed by atoms with van der Waals surface area (Å²) in [7, 11) is 0. The Labute approximate surface area is 88.9 Å². The van der Waals surface area contributed by atoms with Gasteiger partial charge in [-0.15, -0.1) is 0 Å². The largest absolute Gasteiger partial charge is 0.481 e. The Hall–Kier alpha value is 0.170. The number of hydrogen-bond acceptors (Lipinski definition) is 3. The van der Waals surface area contributed by atoms with E-state index in [2.05, 4.69) is 6.92 Å². The fourth-order valence-corrected chi connectivity index (χ4v) is 2.69. The van der Waals surface area contributed by atoms with E-state index < -0.39 is 5.97 Å². The van der Waals surface area contributed by atoms with Gasteiger partial charge in [-0.3, -0.25) is 4.79 Å². The van der Waals surface area contributed by atoms with E-state index in [1.54, 1.807) is 11.8 Å². The molecule has 78 valence electrons. The number of thioether (sulfide) groups is 2. The van der Waals surface area contributed by atoms with Crippen molar-refractivity contribution in [2.45, 2.75) is 31.9 Å². The van der Waals surface area contributed by atoms with E-state index in [4.69, 9.17) is 5.11 Å². The second-order valence-corrected chi connectivity index (χ2v) is 5.77. The molecule has 1 N–H and O–H groups in total. The third-order valence-electron chi connectivity index (χ3n) is 1.50. The van der Waals surface area contributed by atoms with Crippen LogP contribution in [0.3, 0.4) is 0 Å². The van der Waals surface area contributed by atoms with E-state index in [-0.39, 0.29) is 11.7 Å². The fraction of sp³-hybridized carbons (Fsp3) is 0.889. The molecule has 0 aromatic heterocycles. The summed E-state index contributed by atoms with van der Waals surface area (Å²) in [6.07, 6.45) is 1.47. The van der Waals surface area contributed by atoms with Gasteiger partial charge in [-0.2, -0.15) is 23.5 Å². The van der Waals surface area contributed by atoms with Crippen molar-refractivity contribution in [3.8, 4) is 0 Å². The molecule has 0 saturated heterocycles. The molecule has 0 aromatic rings. The molecule has 0 aliphatic carbocycles. The highest BCUT2D eigenvalue weighted by Gasteiger charge is 2.06. The van der Waals surface area contributed by atoms with Crippen LogP contribution < -0.4 is 0 Å². The van der Waals surface area contributed by atoms with Gasteiger partial charge < -0.3 is 5.11 Å². The van der Waals surface area contributed by atoms with Crippen LogP contribution in [0.25, 0.3) is 0 Å². The molecule has 1 unspecified atom stereocenters. The summed E-state index contributed by atoms with van der Waals surface area (Å²) in [5.41, 5.74) is 0. The van der Waals surface area contributed by atoms with E-state index in [1.807, 2.05) is 18.7 Å². The highest BCUT2D eigenvalue weighted by Crippen LogP contribution is 2.16. The zero-order valence-electron chi connectivity index (χ0n) is 8.28. The van der Waals surface area contributed by atoms with Crippen molar-refractivity contribution in [3.63, 3.8) is 0 Å². The molecule has 1 atom stereocenters. The summed E-state index contributed by atoms with van der Waals surface area (Å²) >= 11 is 3.71. The molecular formula is C9H18O2S2. The molecule has 0 rings (SSSR count). The lowest BCUT2D eigenvalue weighted by Crippen LogP contribution is -2.06. The minimum atomic E-state index is -0.692. The Kier molecular flexibility index (Phi) is 8.87. The SMILES string of the molecule is CCSCCCSC(C)CC(=O)O. The van der Waals surface area contributed by atoms with E-state index in [9.17, 15) is 4.79 Å². The maximum absolute atomic E-state index is 10.3. The number of aliphatic carboxylic acids is 1. The van der Waals surface area contributed by atoms with Gasteiger partial charge >= 0.3 is 5.97 Å². The van der Waals surface area contributed by atoms with Crippen molar-refractivity contribution in [3.05, 3.63) is 0 Å². The van der Waals surface area contributed by atoms with Gasteiger partial charge in [0.25, 0.3) is 0 Å². The van der Waals surface area contributed by atoms with Crippen LogP contribution in [0.15, 0.2) is 0 Å². The Balaban J connectivity index is 3.17. The fourth-order valence-electron chi connectivity index (χ4n) is 0.895. The second-order valence-electron chi connectivity index (χ2n) is 2.83. The first-order chi connectivity index (χ1) is 6.16. The predicted octanol–water partition coefficient (Wildman–Crippen LogP) is 2.73. The zero-order valence-corrected chi connectivity index (χ0v) is 9.92. The van der Waals surface area contributed by atoms with Crippen molar-refractivity contribution >= 4 is 29.5 Å². The summed E-state index contributed by atoms with van der Waals surface area (Å²) in [6.45, 7) is 4.14. The molecular weight excluding hydrogens is 204 g/mol. The molecule has 0 fully saturated rings. The summed E-state index contributed by atoms with van der Waals surface area (Å²) in [6, 6.07) is 0. The summed E-state index contributed by atoms with van der Waals surface area (Å²) in [5.74, 6) is 2.77. The molecule has 0 aliphatic heterocycles. The third kappa shape index (κ3) is 10.1. The first kappa shape index (κ1) is 13.2. The normalized spacial score (nSPS) is 12.8. The number of carboxylic acids is 1. The predicted molar refractivity (Wildman–Crippen MR) is 61.8 cm³/mol. The second kappa shape index (κ2) is 8.75. The standard InChI is InChI=1S/C9H18O2S2/c1-3-12-5-4-6-13-8(2)7-9(10)11/h8H,3-7H2,1-2H3,(H,10,11). The molecule has 0 amide bonds. The highest BCUT2D eigenvalue weighted by molar-refractivity contribution is 8.00. The third-order valence-corrected chi connectivity index (χ3v) is 3.75. The Morgan fingerprint density at radius 3 is 2.69 bits per heavy atom. The van der Waals surface area contributed by atoms with Gasteiger partial charge in [0.15, 0.2) is 0 Å². The van der Waals surface area contributed by atoms with Gasteiger partial charge in [-0.25, -0.2) is 0 Å². The first-order valence-electron chi connectivity index (χ1n) is 4.58. The summed E-state index contributed by atoms with van der Waals surface area (Å²) in [5, 5.41) is 8.76. The van der Waals surface area contributed by atoms with E-state index in [0.717, 1.165) is 5.75 Å². The Bertz CT molecular complexity index is 140. The lowest BCUT2D eigenvalue weighted by Gasteiger charge is -2.07. The number of carbonyl (C=O) groups is 1. The monoisotopic (exact) mass is 222 g/mol. The maximum atomic E-state index is 10.3. The van der Waals surface area contributed by atoms with E-state index in [1.165, 1.54) is 17.9 Å². The first-order valence-corrected chi connectivity index (χ1v) is 6.78. The summed E-state index contributed by atoms with van der Waals surface area (Å²) < 4.78 is 0. The van der Waals surface area contributed by atoms with E-state index in [0.29, 0.717) is 0 Å². The number of carboxylic acid groups (broad SMARTS) is 1. The number of rotatable bonds is 8. The van der Waals surface area contributed by atoms with Crippen LogP contribution >= 0.6 is 23.5 Å². The number of hydrogen-bond donors (Lipinski definition) is 1. The topological polar surface area (TPSA) is 37.3 Å². The van der Waals surface area contributed by atoms with E-state index >= 15 is 0 Å². The minimum absolute atomic E-state index is 0.254. The van der Waals surface area contributed by atoms with Crippen molar-refractivity contribution in [2.24, 2.45) is 0 Å². The van der Waals surface area contributed by atoms with Crippen LogP contribution in [-0.4, -0.2) is 33.6 Å². The molecule has 0 radical (unpaired) electrons. The van der Waals surface area contributed by atoms with Crippen molar-refractivity contribution in [1.29, 1.82) is 0 Å². The lowest BCUT2D eigenvalue weighted by atomic mass is 10.3. The van der Waals surface area contributed by atoms with Gasteiger partial charge in [-0.1, -0.05) is 13.8 Å². The molecule has 0 bridgehead atoms. The lowest BCUT2D eigenvalue weighted by molar-refractivity contribution is -0.136. The smallest absolute Gasteiger partial charge is 0.304 e. The molecule has 2 nitrogen and oxygen atoms in total. The maximum Gasteiger partial charge on any atom is 0.304 e. The molecule has 0 aromatic carbocycles. The molecule has 0 aliphatic rings. The quantitative estimate of drug-likeness (QED) is 0.641. The average Bonchev–Trinajstić information content (AvgIpc) is 2.02. The Morgan fingerprint density at radius 2 is 2.15 bits per heavy atom. The van der Waals surface area contributed by atoms with Crippen molar-refractivity contribution < 1.29 is 9.90 Å². The molecule has 13 heavy (non-hydrogen) atoms.